The maximum Gasteiger partial charge on any atom is 0.356 e. The van der Waals surface area contributed by atoms with E-state index in [0.29, 0.717) is 13.2 Å². The molecule has 0 atom stereocenters. The van der Waals surface area contributed by atoms with Crippen LogP contribution >= 0.6 is 0 Å². The highest BCUT2D eigenvalue weighted by atomic mass is 16.6. The zero-order valence-corrected chi connectivity index (χ0v) is 6.82. The van der Waals surface area contributed by atoms with E-state index in [9.17, 15) is 4.79 Å². The summed E-state index contributed by atoms with van der Waals surface area (Å²) in [5.74, 6) is -0.172. The van der Waals surface area contributed by atoms with E-state index in [4.69, 9.17) is 15.2 Å². The standard InChI is InChI=1S/C7H9N3O3/c8-6-1-5(9-10-6)7(11)13-4-2-12-3-4/h1,4H,2-3H2,(H3,8,9,10). The van der Waals surface area contributed by atoms with Crippen LogP contribution in [0.3, 0.4) is 0 Å². The van der Waals surface area contributed by atoms with Gasteiger partial charge in [-0.1, -0.05) is 0 Å². The van der Waals surface area contributed by atoms with Gasteiger partial charge in [0.15, 0.2) is 0 Å². The van der Waals surface area contributed by atoms with Gasteiger partial charge in [0.05, 0.1) is 13.2 Å². The Labute approximate surface area is 74.0 Å². The number of carbonyl (C=O) groups excluding carboxylic acids is 1. The van der Waals surface area contributed by atoms with Crippen LogP contribution in [0.4, 0.5) is 5.82 Å². The van der Waals surface area contributed by atoms with Crippen LogP contribution in [0.1, 0.15) is 10.5 Å². The second kappa shape index (κ2) is 3.06. The molecule has 2 heterocycles. The molecule has 6 heteroatoms. The smallest absolute Gasteiger partial charge is 0.356 e. The molecule has 0 amide bonds. The summed E-state index contributed by atoms with van der Waals surface area (Å²) in [4.78, 5) is 11.3. The second-order valence-corrected chi connectivity index (χ2v) is 2.77. The summed E-state index contributed by atoms with van der Waals surface area (Å²) in [6.07, 6.45) is -0.128. The van der Waals surface area contributed by atoms with Gasteiger partial charge in [-0.25, -0.2) is 4.79 Å². The molecule has 1 aromatic rings. The number of nitrogens with two attached hydrogens (primary N) is 1. The number of carbonyl (C=O) groups is 1. The summed E-state index contributed by atoms with van der Waals surface area (Å²) in [5.41, 5.74) is 5.59. The van der Waals surface area contributed by atoms with Crippen LogP contribution in [-0.2, 0) is 9.47 Å². The van der Waals surface area contributed by atoms with Crippen molar-refractivity contribution in [3.63, 3.8) is 0 Å². The Hall–Kier alpha value is -1.56. The highest BCUT2D eigenvalue weighted by Gasteiger charge is 2.24. The van der Waals surface area contributed by atoms with Gasteiger partial charge in [-0.05, 0) is 0 Å². The first-order valence-electron chi connectivity index (χ1n) is 3.85. The Morgan fingerprint density at radius 2 is 2.54 bits per heavy atom. The summed E-state index contributed by atoms with van der Waals surface area (Å²) >= 11 is 0. The van der Waals surface area contributed by atoms with Crippen LogP contribution in [0.2, 0.25) is 0 Å². The highest BCUT2D eigenvalue weighted by molar-refractivity contribution is 5.88. The minimum Gasteiger partial charge on any atom is -0.453 e. The minimum absolute atomic E-state index is 0.128. The van der Waals surface area contributed by atoms with Gasteiger partial charge in [0.25, 0.3) is 0 Å². The number of esters is 1. The fourth-order valence-corrected chi connectivity index (χ4v) is 0.939. The van der Waals surface area contributed by atoms with Crippen LogP contribution in [0, 0.1) is 0 Å². The fourth-order valence-electron chi connectivity index (χ4n) is 0.939. The molecule has 0 spiro atoms. The van der Waals surface area contributed by atoms with E-state index < -0.39 is 5.97 Å². The van der Waals surface area contributed by atoms with Gasteiger partial charge in [0.1, 0.15) is 17.6 Å². The SMILES string of the molecule is Nc1cc(C(=O)OC2COC2)[nH]n1. The molecule has 70 valence electrons. The van der Waals surface area contributed by atoms with E-state index in [2.05, 4.69) is 10.2 Å². The number of H-pyrrole nitrogens is 1. The average Bonchev–Trinajstić information content (AvgIpc) is 2.44. The first-order valence-corrected chi connectivity index (χ1v) is 3.85. The van der Waals surface area contributed by atoms with Crippen LogP contribution in [0.5, 0.6) is 0 Å². The number of anilines is 1. The van der Waals surface area contributed by atoms with Gasteiger partial charge in [0.2, 0.25) is 0 Å². The lowest BCUT2D eigenvalue weighted by atomic mass is 10.3. The van der Waals surface area contributed by atoms with Crippen molar-refractivity contribution in [3.8, 4) is 0 Å². The van der Waals surface area contributed by atoms with E-state index in [1.165, 1.54) is 6.07 Å². The number of rotatable bonds is 2. The largest absolute Gasteiger partial charge is 0.453 e. The fraction of sp³-hybridized carbons (Fsp3) is 0.429. The molecule has 1 aromatic heterocycles. The van der Waals surface area contributed by atoms with Gasteiger partial charge >= 0.3 is 5.97 Å². The average molecular weight is 183 g/mol. The summed E-state index contributed by atoms with van der Waals surface area (Å²) in [5, 5.41) is 6.08. The molecule has 0 radical (unpaired) electrons. The monoisotopic (exact) mass is 183 g/mol. The van der Waals surface area contributed by atoms with Crippen molar-refractivity contribution in [2.75, 3.05) is 18.9 Å². The van der Waals surface area contributed by atoms with Crippen LogP contribution in [0.25, 0.3) is 0 Å². The van der Waals surface area contributed by atoms with Gasteiger partial charge in [-0.2, -0.15) is 5.10 Å². The van der Waals surface area contributed by atoms with Gasteiger partial charge in [-0.3, -0.25) is 5.10 Å². The van der Waals surface area contributed by atoms with Crippen molar-refractivity contribution in [3.05, 3.63) is 11.8 Å². The number of aromatic nitrogens is 2. The number of nitrogens with zero attached hydrogens (tertiary/aromatic N) is 1. The molecule has 0 bridgehead atoms. The summed E-state index contributed by atoms with van der Waals surface area (Å²) in [7, 11) is 0. The summed E-state index contributed by atoms with van der Waals surface area (Å²) < 4.78 is 9.84. The molecule has 1 aliphatic heterocycles. The lowest BCUT2D eigenvalue weighted by molar-refractivity contribution is -0.103. The molecule has 0 saturated carbocycles. The minimum atomic E-state index is -0.447. The maximum atomic E-state index is 11.3. The first kappa shape index (κ1) is 8.06. The van der Waals surface area contributed by atoms with Crippen LogP contribution in [0.15, 0.2) is 6.07 Å². The molecule has 0 aromatic carbocycles. The van der Waals surface area contributed by atoms with Crippen molar-refractivity contribution < 1.29 is 14.3 Å². The number of nitrogen functional groups attached to an aromatic ring is 1. The van der Waals surface area contributed by atoms with Gasteiger partial charge < -0.3 is 15.2 Å². The molecule has 6 nitrogen and oxygen atoms in total. The zero-order valence-electron chi connectivity index (χ0n) is 6.82. The van der Waals surface area contributed by atoms with Gasteiger partial charge in [0, 0.05) is 6.07 Å². The molecule has 2 rings (SSSR count). The molecule has 1 saturated heterocycles. The molecular weight excluding hydrogens is 174 g/mol. The third-order valence-corrected chi connectivity index (χ3v) is 1.70. The normalized spacial score (nSPS) is 16.6. The molecule has 3 N–H and O–H groups in total. The predicted octanol–water partition coefficient (Wildman–Crippen LogP) is -0.453. The number of hydrogen-bond acceptors (Lipinski definition) is 5. The van der Waals surface area contributed by atoms with Gasteiger partial charge in [-0.15, -0.1) is 0 Å². The lowest BCUT2D eigenvalue weighted by Gasteiger charge is -2.25. The summed E-state index contributed by atoms with van der Waals surface area (Å²) in [6, 6.07) is 1.43. The number of hydrogen-bond donors (Lipinski definition) is 2. The molecule has 0 aliphatic carbocycles. The molecule has 0 unspecified atom stereocenters. The second-order valence-electron chi connectivity index (χ2n) is 2.77. The number of nitrogens with one attached hydrogen (secondary N) is 1. The number of aromatic amines is 1. The summed E-state index contributed by atoms with van der Waals surface area (Å²) in [6.45, 7) is 0.935. The van der Waals surface area contributed by atoms with E-state index >= 15 is 0 Å². The third kappa shape index (κ3) is 1.62. The molecule has 13 heavy (non-hydrogen) atoms. The Morgan fingerprint density at radius 1 is 1.77 bits per heavy atom. The maximum absolute atomic E-state index is 11.3. The topological polar surface area (TPSA) is 90.2 Å². The molecular formula is C7H9N3O3. The van der Waals surface area contributed by atoms with Crippen molar-refractivity contribution in [2.24, 2.45) is 0 Å². The van der Waals surface area contributed by atoms with Crippen LogP contribution in [-0.4, -0.2) is 35.5 Å². The lowest BCUT2D eigenvalue weighted by Crippen LogP contribution is -2.37. The Balaban J connectivity index is 1.96. The van der Waals surface area contributed by atoms with E-state index in [-0.39, 0.29) is 17.6 Å². The van der Waals surface area contributed by atoms with Crippen molar-refractivity contribution in [1.29, 1.82) is 0 Å². The number of ether oxygens (including phenoxy) is 2. The predicted molar refractivity (Wildman–Crippen MR) is 43.0 cm³/mol. The zero-order chi connectivity index (χ0) is 9.26. The first-order chi connectivity index (χ1) is 6.25. The molecule has 1 fully saturated rings. The Morgan fingerprint density at radius 3 is 3.00 bits per heavy atom. The van der Waals surface area contributed by atoms with E-state index in [1.807, 2.05) is 0 Å². The third-order valence-electron chi connectivity index (χ3n) is 1.70. The van der Waals surface area contributed by atoms with E-state index in [1.54, 1.807) is 0 Å². The van der Waals surface area contributed by atoms with E-state index in [0.717, 1.165) is 0 Å². The van der Waals surface area contributed by atoms with Crippen molar-refractivity contribution >= 4 is 11.8 Å². The highest BCUT2D eigenvalue weighted by Crippen LogP contribution is 2.09. The molecule has 1 aliphatic rings. The van der Waals surface area contributed by atoms with Crippen LogP contribution < -0.4 is 5.73 Å². The quantitative estimate of drug-likeness (QED) is 0.606. The van der Waals surface area contributed by atoms with Crippen molar-refractivity contribution in [1.82, 2.24) is 10.2 Å². The Kier molecular flexibility index (Phi) is 1.90. The Bertz CT molecular complexity index is 319. The van der Waals surface area contributed by atoms with Crippen molar-refractivity contribution in [2.45, 2.75) is 6.10 Å².